The van der Waals surface area contributed by atoms with Crippen molar-refractivity contribution >= 4 is 23.5 Å². The van der Waals surface area contributed by atoms with Crippen molar-refractivity contribution < 1.29 is 9.53 Å². The first-order valence-electron chi connectivity index (χ1n) is 10.4. The van der Waals surface area contributed by atoms with Crippen molar-refractivity contribution in [3.63, 3.8) is 0 Å². The maximum absolute atomic E-state index is 12.7. The van der Waals surface area contributed by atoms with E-state index in [0.717, 1.165) is 63.0 Å². The lowest BCUT2D eigenvalue weighted by Crippen LogP contribution is -2.23. The number of nitrogens with zero attached hydrogens (tertiary/aromatic N) is 2. The van der Waals surface area contributed by atoms with Crippen molar-refractivity contribution in [1.29, 1.82) is 5.26 Å². The second-order valence-corrected chi connectivity index (χ2v) is 8.73. The lowest BCUT2D eigenvalue weighted by atomic mass is 9.95. The second kappa shape index (κ2) is 9.51. The molecule has 0 saturated carbocycles. The summed E-state index contributed by atoms with van der Waals surface area (Å²) >= 11 is 1.59. The van der Waals surface area contributed by atoms with Gasteiger partial charge in [-0.2, -0.15) is 5.26 Å². The predicted octanol–water partition coefficient (Wildman–Crippen LogP) is 4.29. The van der Waals surface area contributed by atoms with Crippen molar-refractivity contribution in [2.45, 2.75) is 56.9 Å². The first-order valence-corrected chi connectivity index (χ1v) is 11.6. The van der Waals surface area contributed by atoms with E-state index in [9.17, 15) is 10.1 Å². The molecule has 1 fully saturated rings. The van der Waals surface area contributed by atoms with Crippen LogP contribution in [0.1, 0.15) is 48.1 Å². The van der Waals surface area contributed by atoms with Crippen molar-refractivity contribution in [3.8, 4) is 6.07 Å². The van der Waals surface area contributed by atoms with Crippen LogP contribution in [0.2, 0.25) is 0 Å². The molecule has 1 aromatic carbocycles. The van der Waals surface area contributed by atoms with Crippen LogP contribution in [0.4, 0.5) is 5.82 Å². The van der Waals surface area contributed by atoms with Gasteiger partial charge in [0.15, 0.2) is 0 Å². The SMILES string of the molecule is N#Cc1c2c(n(CC3CCCO3)c1NC(=O)CSCc1ccccc1)CCCC2. The number of carbonyl (C=O) groups is 1. The van der Waals surface area contributed by atoms with Crippen LogP contribution in [-0.4, -0.2) is 28.9 Å². The molecule has 5 nitrogen and oxygen atoms in total. The van der Waals surface area contributed by atoms with Crippen LogP contribution in [-0.2, 0) is 34.7 Å². The number of ether oxygens (including phenoxy) is 1. The highest BCUT2D eigenvalue weighted by atomic mass is 32.2. The van der Waals surface area contributed by atoms with Gasteiger partial charge in [0.2, 0.25) is 5.91 Å². The van der Waals surface area contributed by atoms with E-state index in [0.29, 0.717) is 17.1 Å². The molecule has 1 saturated heterocycles. The molecule has 29 heavy (non-hydrogen) atoms. The summed E-state index contributed by atoms with van der Waals surface area (Å²) in [5.74, 6) is 1.80. The molecule has 2 heterocycles. The summed E-state index contributed by atoms with van der Waals surface area (Å²) in [5.41, 5.74) is 4.21. The molecule has 1 amide bonds. The van der Waals surface area contributed by atoms with E-state index in [2.05, 4.69) is 28.1 Å². The highest BCUT2D eigenvalue weighted by molar-refractivity contribution is 7.99. The highest BCUT2D eigenvalue weighted by Crippen LogP contribution is 2.34. The van der Waals surface area contributed by atoms with E-state index in [1.165, 1.54) is 11.3 Å². The zero-order chi connectivity index (χ0) is 20.1. The van der Waals surface area contributed by atoms with Gasteiger partial charge in [-0.1, -0.05) is 30.3 Å². The van der Waals surface area contributed by atoms with Gasteiger partial charge in [0.1, 0.15) is 11.9 Å². The fraction of sp³-hybridized carbons (Fsp3) is 0.478. The molecule has 2 aliphatic rings. The standard InChI is InChI=1S/C23H27N3O2S/c24-13-20-19-10-4-5-11-21(19)26(14-18-9-6-12-28-18)23(20)25-22(27)16-29-15-17-7-2-1-3-8-17/h1-3,7-8,18H,4-6,9-12,14-16H2,(H,25,27). The summed E-state index contributed by atoms with van der Waals surface area (Å²) in [6, 6.07) is 12.5. The summed E-state index contributed by atoms with van der Waals surface area (Å²) < 4.78 is 8.01. The molecule has 1 N–H and O–H groups in total. The number of nitrogens with one attached hydrogen (secondary N) is 1. The van der Waals surface area contributed by atoms with Gasteiger partial charge in [-0.05, 0) is 49.7 Å². The lowest BCUT2D eigenvalue weighted by Gasteiger charge is -2.19. The third kappa shape index (κ3) is 4.68. The van der Waals surface area contributed by atoms with E-state index in [1.807, 2.05) is 18.2 Å². The largest absolute Gasteiger partial charge is 0.376 e. The molecule has 152 valence electrons. The van der Waals surface area contributed by atoms with Crippen LogP contribution >= 0.6 is 11.8 Å². The van der Waals surface area contributed by atoms with Gasteiger partial charge in [0.05, 0.1) is 24.0 Å². The predicted molar refractivity (Wildman–Crippen MR) is 116 cm³/mol. The number of aromatic nitrogens is 1. The Hall–Kier alpha value is -2.23. The quantitative estimate of drug-likeness (QED) is 0.741. The maximum Gasteiger partial charge on any atom is 0.235 e. The first kappa shape index (κ1) is 20.1. The van der Waals surface area contributed by atoms with Crippen LogP contribution in [0.15, 0.2) is 30.3 Å². The minimum atomic E-state index is -0.0501. The minimum Gasteiger partial charge on any atom is -0.376 e. The molecule has 4 rings (SSSR count). The van der Waals surface area contributed by atoms with Gasteiger partial charge in [0, 0.05) is 18.1 Å². The number of nitriles is 1. The Labute approximate surface area is 176 Å². The molecule has 2 aromatic rings. The number of anilines is 1. The summed E-state index contributed by atoms with van der Waals surface area (Å²) in [7, 11) is 0. The fourth-order valence-electron chi connectivity index (χ4n) is 4.32. The fourth-order valence-corrected chi connectivity index (χ4v) is 5.10. The number of amides is 1. The second-order valence-electron chi connectivity index (χ2n) is 7.74. The normalized spacial score (nSPS) is 18.2. The summed E-state index contributed by atoms with van der Waals surface area (Å²) in [6.45, 7) is 1.52. The Kier molecular flexibility index (Phi) is 6.58. The molecule has 0 radical (unpaired) electrons. The summed E-state index contributed by atoms with van der Waals surface area (Å²) in [4.78, 5) is 12.7. The van der Waals surface area contributed by atoms with Gasteiger partial charge in [0.25, 0.3) is 0 Å². The number of carbonyl (C=O) groups excluding carboxylic acids is 1. The molecule has 0 spiro atoms. The van der Waals surface area contributed by atoms with Crippen LogP contribution in [0, 0.1) is 11.3 Å². The molecule has 6 heteroatoms. The number of benzene rings is 1. The lowest BCUT2D eigenvalue weighted by molar-refractivity contribution is -0.113. The summed E-state index contributed by atoms with van der Waals surface area (Å²) in [6.07, 6.45) is 6.41. The first-order chi connectivity index (χ1) is 14.3. The number of hydrogen-bond donors (Lipinski definition) is 1. The van der Waals surface area contributed by atoms with Crippen molar-refractivity contribution in [2.75, 3.05) is 17.7 Å². The number of fused-ring (bicyclic) bond motifs is 1. The zero-order valence-electron chi connectivity index (χ0n) is 16.7. The summed E-state index contributed by atoms with van der Waals surface area (Å²) in [5, 5.41) is 12.9. The van der Waals surface area contributed by atoms with E-state index in [4.69, 9.17) is 4.74 Å². The molecule has 1 aliphatic carbocycles. The molecular formula is C23H27N3O2S. The topological polar surface area (TPSA) is 67.1 Å². The average molecular weight is 410 g/mol. The smallest absolute Gasteiger partial charge is 0.235 e. The van der Waals surface area contributed by atoms with Crippen LogP contribution in [0.5, 0.6) is 0 Å². The number of hydrogen-bond acceptors (Lipinski definition) is 4. The van der Waals surface area contributed by atoms with Crippen molar-refractivity contribution in [3.05, 3.63) is 52.7 Å². The van der Waals surface area contributed by atoms with Gasteiger partial charge in [-0.3, -0.25) is 4.79 Å². The molecule has 1 aliphatic heterocycles. The minimum absolute atomic E-state index is 0.0501. The van der Waals surface area contributed by atoms with E-state index in [-0.39, 0.29) is 12.0 Å². The van der Waals surface area contributed by atoms with Gasteiger partial charge >= 0.3 is 0 Å². The van der Waals surface area contributed by atoms with Crippen molar-refractivity contribution in [2.24, 2.45) is 0 Å². The zero-order valence-corrected chi connectivity index (χ0v) is 17.5. The third-order valence-electron chi connectivity index (χ3n) is 5.70. The Bertz CT molecular complexity index is 895. The van der Waals surface area contributed by atoms with Crippen LogP contribution < -0.4 is 5.32 Å². The molecule has 1 aromatic heterocycles. The molecular weight excluding hydrogens is 382 g/mol. The molecule has 0 bridgehead atoms. The monoisotopic (exact) mass is 409 g/mol. The molecule has 1 atom stereocenters. The molecule has 1 unspecified atom stereocenters. The van der Waals surface area contributed by atoms with Crippen molar-refractivity contribution in [1.82, 2.24) is 4.57 Å². The third-order valence-corrected chi connectivity index (χ3v) is 6.70. The Morgan fingerprint density at radius 3 is 2.83 bits per heavy atom. The van der Waals surface area contributed by atoms with E-state index < -0.39 is 0 Å². The van der Waals surface area contributed by atoms with E-state index in [1.54, 1.807) is 11.8 Å². The Morgan fingerprint density at radius 1 is 1.24 bits per heavy atom. The van der Waals surface area contributed by atoms with Gasteiger partial charge in [-0.15, -0.1) is 11.8 Å². The Morgan fingerprint density at radius 2 is 2.07 bits per heavy atom. The number of thioether (sulfide) groups is 1. The van der Waals surface area contributed by atoms with Crippen LogP contribution in [0.25, 0.3) is 0 Å². The highest BCUT2D eigenvalue weighted by Gasteiger charge is 2.28. The van der Waals surface area contributed by atoms with Gasteiger partial charge < -0.3 is 14.6 Å². The van der Waals surface area contributed by atoms with Gasteiger partial charge in [-0.25, -0.2) is 0 Å². The Balaban J connectivity index is 1.49. The average Bonchev–Trinajstić information content (AvgIpc) is 3.36. The van der Waals surface area contributed by atoms with Crippen LogP contribution in [0.3, 0.4) is 0 Å². The number of rotatable bonds is 7. The van der Waals surface area contributed by atoms with E-state index >= 15 is 0 Å². The maximum atomic E-state index is 12.7.